The molecule has 0 aliphatic rings. The molecule has 2 rings (SSSR count). The summed E-state index contributed by atoms with van der Waals surface area (Å²) in [5.74, 6) is -4.41. The predicted molar refractivity (Wildman–Crippen MR) is 68.3 cm³/mol. The van der Waals surface area contributed by atoms with E-state index in [9.17, 15) is 18.0 Å². The summed E-state index contributed by atoms with van der Waals surface area (Å²) < 4.78 is 39.1. The minimum Gasteiger partial charge on any atom is -0.360 e. The maximum absolute atomic E-state index is 13.4. The minimum absolute atomic E-state index is 0.0231. The zero-order valence-electron chi connectivity index (χ0n) is 10.2. The van der Waals surface area contributed by atoms with Crippen molar-refractivity contribution < 1.29 is 18.0 Å². The molecule has 0 saturated carbocycles. The van der Waals surface area contributed by atoms with Gasteiger partial charge in [-0.2, -0.15) is 0 Å². The maximum atomic E-state index is 13.4. The van der Waals surface area contributed by atoms with E-state index in [0.717, 1.165) is 11.3 Å². The van der Waals surface area contributed by atoms with E-state index >= 15 is 0 Å². The minimum atomic E-state index is -1.33. The molecule has 1 aromatic carbocycles. The first-order valence-electron chi connectivity index (χ1n) is 5.54. The Morgan fingerprint density at radius 2 is 1.90 bits per heavy atom. The number of nitrogens with zero attached hydrogens (tertiary/aromatic N) is 2. The highest BCUT2D eigenvalue weighted by molar-refractivity contribution is 7.17. The normalized spacial score (nSPS) is 10.4. The van der Waals surface area contributed by atoms with E-state index in [2.05, 4.69) is 20.8 Å². The standard InChI is InChI=1S/C11H9F3N4OS/c1-2-15-11-18-17-10(20-11)9(19)16-8-4-6(13)5(12)3-7(8)14/h3-4H,2H2,1H3,(H,15,18)(H,16,19). The molecule has 2 N–H and O–H groups in total. The van der Waals surface area contributed by atoms with Crippen molar-refractivity contribution in [3.63, 3.8) is 0 Å². The molecule has 0 atom stereocenters. The van der Waals surface area contributed by atoms with E-state index in [4.69, 9.17) is 0 Å². The molecule has 0 saturated heterocycles. The Labute approximate surface area is 115 Å². The first-order valence-corrected chi connectivity index (χ1v) is 6.36. The third kappa shape index (κ3) is 3.05. The number of hydrogen-bond acceptors (Lipinski definition) is 5. The van der Waals surface area contributed by atoms with Gasteiger partial charge in [-0.3, -0.25) is 4.79 Å². The van der Waals surface area contributed by atoms with Gasteiger partial charge in [0.05, 0.1) is 5.69 Å². The molecular formula is C11H9F3N4OS. The summed E-state index contributed by atoms with van der Waals surface area (Å²) in [6.45, 7) is 2.45. The number of amides is 1. The van der Waals surface area contributed by atoms with Crippen molar-refractivity contribution >= 4 is 28.1 Å². The number of aromatic nitrogens is 2. The Morgan fingerprint density at radius 1 is 1.20 bits per heavy atom. The van der Waals surface area contributed by atoms with Crippen LogP contribution < -0.4 is 10.6 Å². The number of benzene rings is 1. The average molecular weight is 302 g/mol. The Morgan fingerprint density at radius 3 is 2.60 bits per heavy atom. The molecular weight excluding hydrogens is 293 g/mol. The molecule has 0 radical (unpaired) electrons. The first-order chi connectivity index (χ1) is 9.51. The highest BCUT2D eigenvalue weighted by Gasteiger charge is 2.16. The lowest BCUT2D eigenvalue weighted by atomic mass is 10.3. The molecule has 1 aromatic heterocycles. The number of anilines is 2. The molecule has 0 aliphatic heterocycles. The first kappa shape index (κ1) is 14.3. The highest BCUT2D eigenvalue weighted by Crippen LogP contribution is 2.21. The number of nitrogens with one attached hydrogen (secondary N) is 2. The van der Waals surface area contributed by atoms with Gasteiger partial charge in [-0.25, -0.2) is 13.2 Å². The SMILES string of the molecule is CCNc1nnc(C(=O)Nc2cc(F)c(F)cc2F)s1. The fraction of sp³-hybridized carbons (Fsp3) is 0.182. The van der Waals surface area contributed by atoms with Crippen molar-refractivity contribution in [1.82, 2.24) is 10.2 Å². The molecule has 106 valence electrons. The van der Waals surface area contributed by atoms with E-state index in [1.807, 2.05) is 6.92 Å². The van der Waals surface area contributed by atoms with E-state index < -0.39 is 29.0 Å². The molecule has 0 aliphatic carbocycles. The van der Waals surface area contributed by atoms with Crippen LogP contribution in [0.25, 0.3) is 0 Å². The molecule has 20 heavy (non-hydrogen) atoms. The average Bonchev–Trinajstić information content (AvgIpc) is 2.85. The molecule has 5 nitrogen and oxygen atoms in total. The van der Waals surface area contributed by atoms with E-state index in [1.165, 1.54) is 0 Å². The quantitative estimate of drug-likeness (QED) is 0.852. The molecule has 0 unspecified atom stereocenters. The van der Waals surface area contributed by atoms with Crippen LogP contribution in [0, 0.1) is 17.5 Å². The number of halogens is 3. The van der Waals surface area contributed by atoms with Crippen molar-refractivity contribution in [2.24, 2.45) is 0 Å². The molecule has 1 heterocycles. The fourth-order valence-electron chi connectivity index (χ4n) is 1.33. The van der Waals surface area contributed by atoms with Gasteiger partial charge in [0, 0.05) is 18.7 Å². The van der Waals surface area contributed by atoms with Gasteiger partial charge in [-0.15, -0.1) is 10.2 Å². The summed E-state index contributed by atoms with van der Waals surface area (Å²) in [6.07, 6.45) is 0. The van der Waals surface area contributed by atoms with Crippen LogP contribution in [0.4, 0.5) is 24.0 Å². The Balaban J connectivity index is 2.16. The van der Waals surface area contributed by atoms with Crippen LogP contribution >= 0.6 is 11.3 Å². The highest BCUT2D eigenvalue weighted by atomic mass is 32.1. The Bertz CT molecular complexity index is 647. The van der Waals surface area contributed by atoms with Crippen molar-refractivity contribution in [1.29, 1.82) is 0 Å². The smallest absolute Gasteiger partial charge is 0.286 e. The van der Waals surface area contributed by atoms with Gasteiger partial charge in [0.1, 0.15) is 5.82 Å². The van der Waals surface area contributed by atoms with E-state index in [-0.39, 0.29) is 5.01 Å². The number of rotatable bonds is 4. The summed E-state index contributed by atoms with van der Waals surface area (Å²) in [7, 11) is 0. The van der Waals surface area contributed by atoms with Gasteiger partial charge < -0.3 is 10.6 Å². The van der Waals surface area contributed by atoms with Gasteiger partial charge in [-0.05, 0) is 6.92 Å². The largest absolute Gasteiger partial charge is 0.360 e. The van der Waals surface area contributed by atoms with Gasteiger partial charge in [0.15, 0.2) is 11.6 Å². The molecule has 0 fully saturated rings. The fourth-order valence-corrected chi connectivity index (χ4v) is 2.04. The Kier molecular flexibility index (Phi) is 4.18. The number of carbonyl (C=O) groups is 1. The lowest BCUT2D eigenvalue weighted by Crippen LogP contribution is -2.13. The number of carbonyl (C=O) groups excluding carboxylic acids is 1. The second-order valence-corrected chi connectivity index (χ2v) is 4.62. The van der Waals surface area contributed by atoms with Crippen molar-refractivity contribution in [2.45, 2.75) is 6.92 Å². The lowest BCUT2D eigenvalue weighted by molar-refractivity contribution is 0.102. The van der Waals surface area contributed by atoms with Crippen LogP contribution in [0.5, 0.6) is 0 Å². The van der Waals surface area contributed by atoms with Gasteiger partial charge in [0.25, 0.3) is 5.91 Å². The van der Waals surface area contributed by atoms with Gasteiger partial charge in [0.2, 0.25) is 10.1 Å². The second kappa shape index (κ2) is 5.87. The summed E-state index contributed by atoms with van der Waals surface area (Å²) >= 11 is 0.962. The topological polar surface area (TPSA) is 66.9 Å². The van der Waals surface area contributed by atoms with Crippen molar-refractivity contribution in [3.05, 3.63) is 34.6 Å². The second-order valence-electron chi connectivity index (χ2n) is 3.64. The van der Waals surface area contributed by atoms with Crippen LogP contribution in [-0.4, -0.2) is 22.6 Å². The molecule has 2 aromatic rings. The molecule has 1 amide bonds. The van der Waals surface area contributed by atoms with Gasteiger partial charge >= 0.3 is 0 Å². The van der Waals surface area contributed by atoms with Crippen LogP contribution in [-0.2, 0) is 0 Å². The van der Waals surface area contributed by atoms with Crippen molar-refractivity contribution in [3.8, 4) is 0 Å². The lowest BCUT2D eigenvalue weighted by Gasteiger charge is -2.04. The zero-order valence-corrected chi connectivity index (χ0v) is 11.0. The molecule has 0 bridgehead atoms. The van der Waals surface area contributed by atoms with E-state index in [0.29, 0.717) is 23.8 Å². The van der Waals surface area contributed by atoms with Gasteiger partial charge in [-0.1, -0.05) is 11.3 Å². The summed E-state index contributed by atoms with van der Waals surface area (Å²) in [6, 6.07) is 0.921. The zero-order chi connectivity index (χ0) is 14.7. The monoisotopic (exact) mass is 302 g/mol. The van der Waals surface area contributed by atoms with Crippen LogP contribution in [0.3, 0.4) is 0 Å². The Hall–Kier alpha value is -2.16. The maximum Gasteiger partial charge on any atom is 0.286 e. The van der Waals surface area contributed by atoms with Crippen LogP contribution in [0.15, 0.2) is 12.1 Å². The van der Waals surface area contributed by atoms with Crippen LogP contribution in [0.2, 0.25) is 0 Å². The summed E-state index contributed by atoms with van der Waals surface area (Å²) in [4.78, 5) is 11.8. The van der Waals surface area contributed by atoms with Crippen molar-refractivity contribution in [2.75, 3.05) is 17.2 Å². The molecule has 0 spiro atoms. The summed E-state index contributed by atoms with van der Waals surface area (Å²) in [5, 5.41) is 12.7. The third-order valence-corrected chi connectivity index (χ3v) is 3.09. The number of hydrogen-bond donors (Lipinski definition) is 2. The molecule has 9 heteroatoms. The van der Waals surface area contributed by atoms with Crippen LogP contribution in [0.1, 0.15) is 16.7 Å². The summed E-state index contributed by atoms with van der Waals surface area (Å²) in [5.41, 5.74) is -0.464. The third-order valence-electron chi connectivity index (χ3n) is 2.21. The predicted octanol–water partition coefficient (Wildman–Crippen LogP) is 2.64. The van der Waals surface area contributed by atoms with E-state index in [1.54, 1.807) is 0 Å².